The second kappa shape index (κ2) is 11.5. The maximum absolute atomic E-state index is 11.0. The molecule has 1 aliphatic carbocycles. The first kappa shape index (κ1) is 17.4. The highest BCUT2D eigenvalue weighted by Gasteiger charge is 2.21. The summed E-state index contributed by atoms with van der Waals surface area (Å²) in [4.78, 5) is 11.0. The van der Waals surface area contributed by atoms with E-state index in [1.165, 1.54) is 25.7 Å². The SMILES string of the molecule is CC.CNC(=O)CNCC1CCCC(COC)C1. The Kier molecular flexibility index (Phi) is 11.1. The molecule has 0 heterocycles. The lowest BCUT2D eigenvalue weighted by Gasteiger charge is -2.28. The van der Waals surface area contributed by atoms with E-state index in [2.05, 4.69) is 10.6 Å². The van der Waals surface area contributed by atoms with Crippen LogP contribution >= 0.6 is 0 Å². The van der Waals surface area contributed by atoms with Crippen molar-refractivity contribution in [3.63, 3.8) is 0 Å². The van der Waals surface area contributed by atoms with Gasteiger partial charge in [-0.25, -0.2) is 0 Å². The molecule has 0 saturated heterocycles. The molecule has 18 heavy (non-hydrogen) atoms. The third-order valence-electron chi connectivity index (χ3n) is 3.29. The van der Waals surface area contributed by atoms with Crippen molar-refractivity contribution in [3.8, 4) is 0 Å². The van der Waals surface area contributed by atoms with Crippen LogP contribution < -0.4 is 10.6 Å². The van der Waals surface area contributed by atoms with E-state index in [-0.39, 0.29) is 5.91 Å². The standard InChI is InChI=1S/C12H24N2O2.C2H6/c1-13-12(15)8-14-7-10-4-3-5-11(6-10)9-16-2;1-2/h10-11,14H,3-9H2,1-2H3,(H,13,15);1-2H3. The van der Waals surface area contributed by atoms with Crippen LogP contribution in [0.5, 0.6) is 0 Å². The molecule has 1 fully saturated rings. The van der Waals surface area contributed by atoms with Gasteiger partial charge in [0.05, 0.1) is 6.54 Å². The molecule has 2 N–H and O–H groups in total. The van der Waals surface area contributed by atoms with Gasteiger partial charge in [-0.1, -0.05) is 20.3 Å². The van der Waals surface area contributed by atoms with E-state index in [1.807, 2.05) is 13.8 Å². The van der Waals surface area contributed by atoms with Crippen LogP contribution in [-0.4, -0.2) is 39.8 Å². The van der Waals surface area contributed by atoms with E-state index in [0.717, 1.165) is 13.2 Å². The lowest BCUT2D eigenvalue weighted by atomic mass is 9.82. The number of hydrogen-bond donors (Lipinski definition) is 2. The Balaban J connectivity index is 0.00000137. The molecule has 4 nitrogen and oxygen atoms in total. The fourth-order valence-electron chi connectivity index (χ4n) is 2.45. The van der Waals surface area contributed by atoms with Crippen LogP contribution in [0.15, 0.2) is 0 Å². The molecule has 0 spiro atoms. The molecule has 1 aliphatic rings. The number of ether oxygens (including phenoxy) is 1. The first-order valence-corrected chi connectivity index (χ1v) is 7.16. The topological polar surface area (TPSA) is 50.4 Å². The Morgan fingerprint density at radius 2 is 1.94 bits per heavy atom. The highest BCUT2D eigenvalue weighted by atomic mass is 16.5. The van der Waals surface area contributed by atoms with E-state index < -0.39 is 0 Å². The first-order valence-electron chi connectivity index (χ1n) is 7.16. The predicted octanol–water partition coefficient (Wildman–Crippen LogP) is 1.80. The fraction of sp³-hybridized carbons (Fsp3) is 0.929. The summed E-state index contributed by atoms with van der Waals surface area (Å²) in [6, 6.07) is 0. The Labute approximate surface area is 112 Å². The minimum absolute atomic E-state index is 0.0595. The second-order valence-corrected chi connectivity index (χ2v) is 4.66. The van der Waals surface area contributed by atoms with Crippen LogP contribution in [0.1, 0.15) is 39.5 Å². The summed E-state index contributed by atoms with van der Waals surface area (Å²) >= 11 is 0. The normalized spacial score (nSPS) is 22.9. The Morgan fingerprint density at radius 3 is 2.56 bits per heavy atom. The molecule has 0 aromatic rings. The molecule has 108 valence electrons. The summed E-state index contributed by atoms with van der Waals surface area (Å²) in [5.41, 5.74) is 0. The number of rotatable bonds is 6. The van der Waals surface area contributed by atoms with Crippen molar-refractivity contribution in [1.29, 1.82) is 0 Å². The molecule has 0 aliphatic heterocycles. The Bertz CT molecular complexity index is 208. The van der Waals surface area contributed by atoms with Gasteiger partial charge in [0.25, 0.3) is 0 Å². The molecule has 4 heteroatoms. The maximum atomic E-state index is 11.0. The van der Waals surface area contributed by atoms with Crippen molar-refractivity contribution in [3.05, 3.63) is 0 Å². The second-order valence-electron chi connectivity index (χ2n) is 4.66. The molecule has 0 aromatic heterocycles. The summed E-state index contributed by atoms with van der Waals surface area (Å²) in [6.07, 6.45) is 5.09. The lowest BCUT2D eigenvalue weighted by Crippen LogP contribution is -2.35. The van der Waals surface area contributed by atoms with E-state index in [4.69, 9.17) is 4.74 Å². The average Bonchev–Trinajstić information content (AvgIpc) is 2.42. The largest absolute Gasteiger partial charge is 0.384 e. The molecule has 1 rings (SSSR count). The van der Waals surface area contributed by atoms with Crippen LogP contribution in [0, 0.1) is 11.8 Å². The third-order valence-corrected chi connectivity index (χ3v) is 3.29. The minimum atomic E-state index is 0.0595. The number of carbonyl (C=O) groups excluding carboxylic acids is 1. The van der Waals surface area contributed by atoms with Crippen molar-refractivity contribution >= 4 is 5.91 Å². The molecule has 0 radical (unpaired) electrons. The minimum Gasteiger partial charge on any atom is -0.384 e. The van der Waals surface area contributed by atoms with Crippen molar-refractivity contribution < 1.29 is 9.53 Å². The summed E-state index contributed by atoms with van der Waals surface area (Å²) < 4.78 is 5.21. The number of carbonyl (C=O) groups is 1. The zero-order chi connectivity index (χ0) is 13.8. The van der Waals surface area contributed by atoms with Crippen molar-refractivity contribution in [2.24, 2.45) is 11.8 Å². The van der Waals surface area contributed by atoms with Gasteiger partial charge in [-0.05, 0) is 37.6 Å². The van der Waals surface area contributed by atoms with E-state index >= 15 is 0 Å². The molecular formula is C14H30N2O2. The van der Waals surface area contributed by atoms with Crippen LogP contribution in [0.4, 0.5) is 0 Å². The monoisotopic (exact) mass is 258 g/mol. The van der Waals surface area contributed by atoms with Crippen LogP contribution in [-0.2, 0) is 9.53 Å². The molecule has 2 unspecified atom stereocenters. The summed E-state index contributed by atoms with van der Waals surface area (Å²) in [5, 5.41) is 5.83. The quantitative estimate of drug-likeness (QED) is 0.764. The highest BCUT2D eigenvalue weighted by Crippen LogP contribution is 2.28. The zero-order valence-electron chi connectivity index (χ0n) is 12.4. The Hall–Kier alpha value is -0.610. The molecule has 2 atom stereocenters. The van der Waals surface area contributed by atoms with E-state index in [1.54, 1.807) is 14.2 Å². The molecule has 0 bridgehead atoms. The van der Waals surface area contributed by atoms with Gasteiger partial charge in [0.1, 0.15) is 0 Å². The van der Waals surface area contributed by atoms with E-state index in [0.29, 0.717) is 18.4 Å². The highest BCUT2D eigenvalue weighted by molar-refractivity contribution is 5.77. The van der Waals surface area contributed by atoms with Gasteiger partial charge < -0.3 is 15.4 Å². The van der Waals surface area contributed by atoms with Crippen LogP contribution in [0.3, 0.4) is 0 Å². The van der Waals surface area contributed by atoms with Crippen molar-refractivity contribution in [1.82, 2.24) is 10.6 Å². The Morgan fingerprint density at radius 1 is 1.28 bits per heavy atom. The maximum Gasteiger partial charge on any atom is 0.233 e. The van der Waals surface area contributed by atoms with Gasteiger partial charge in [-0.15, -0.1) is 0 Å². The van der Waals surface area contributed by atoms with E-state index in [9.17, 15) is 4.79 Å². The number of nitrogens with one attached hydrogen (secondary N) is 2. The van der Waals surface area contributed by atoms with Gasteiger partial charge >= 0.3 is 0 Å². The zero-order valence-corrected chi connectivity index (χ0v) is 12.4. The van der Waals surface area contributed by atoms with Crippen molar-refractivity contribution in [2.75, 3.05) is 33.9 Å². The summed E-state index contributed by atoms with van der Waals surface area (Å²) in [5.74, 6) is 1.48. The summed E-state index contributed by atoms with van der Waals surface area (Å²) in [7, 11) is 3.44. The van der Waals surface area contributed by atoms with Gasteiger partial charge in [0.15, 0.2) is 0 Å². The van der Waals surface area contributed by atoms with Gasteiger partial charge in [-0.3, -0.25) is 4.79 Å². The summed E-state index contributed by atoms with van der Waals surface area (Å²) in [6.45, 7) is 6.27. The number of hydrogen-bond acceptors (Lipinski definition) is 3. The van der Waals surface area contributed by atoms with Crippen LogP contribution in [0.2, 0.25) is 0 Å². The van der Waals surface area contributed by atoms with Crippen molar-refractivity contribution in [2.45, 2.75) is 39.5 Å². The molecule has 1 saturated carbocycles. The number of amides is 1. The van der Waals surface area contributed by atoms with Gasteiger partial charge in [0.2, 0.25) is 5.91 Å². The predicted molar refractivity (Wildman–Crippen MR) is 75.6 cm³/mol. The molecule has 1 amide bonds. The number of methoxy groups -OCH3 is 1. The van der Waals surface area contributed by atoms with Crippen LogP contribution in [0.25, 0.3) is 0 Å². The third kappa shape index (κ3) is 7.67. The van der Waals surface area contributed by atoms with Gasteiger partial charge in [0, 0.05) is 20.8 Å². The average molecular weight is 258 g/mol. The molecular weight excluding hydrogens is 228 g/mol. The fourth-order valence-corrected chi connectivity index (χ4v) is 2.45. The smallest absolute Gasteiger partial charge is 0.233 e. The molecule has 0 aromatic carbocycles. The number of likely N-dealkylation sites (N-methyl/N-ethyl adjacent to an activating group) is 1. The van der Waals surface area contributed by atoms with Gasteiger partial charge in [-0.2, -0.15) is 0 Å². The first-order chi connectivity index (χ1) is 8.76. The lowest BCUT2D eigenvalue weighted by molar-refractivity contribution is -0.119.